The number of benzene rings is 1. The molecule has 1 saturated heterocycles. The Balaban J connectivity index is 1.46. The SMILES string of the molecule is CCOc1cc(Cl)c(-c2ccc(-c3nc4c(s3)CN(C(=O)CO)CC4)c(=O)[nH]2)cc1N1CCOCC1. The first-order valence-corrected chi connectivity index (χ1v) is 13.1. The second kappa shape index (κ2) is 10.6. The van der Waals surface area contributed by atoms with E-state index in [9.17, 15) is 9.59 Å². The number of aliphatic hydroxyl groups excluding tert-OH is 1. The van der Waals surface area contributed by atoms with Gasteiger partial charge in [-0.05, 0) is 25.1 Å². The molecule has 1 amide bonds. The third-order valence-electron chi connectivity index (χ3n) is 6.35. The van der Waals surface area contributed by atoms with Crippen molar-refractivity contribution < 1.29 is 19.4 Å². The number of carbonyl (C=O) groups excluding carboxylic acids is 1. The standard InChI is InChI=1S/C25H27ClN4O5S/c1-2-35-21-12-17(26)16(11-20(21)29-7-9-34-10-8-29)18-4-3-15(24(33)27-18)25-28-19-5-6-30(23(32)14-31)13-22(19)36-25/h3-4,11-12,31H,2,5-10,13-14H2,1H3,(H,27,33). The van der Waals surface area contributed by atoms with E-state index in [0.717, 1.165) is 29.3 Å². The summed E-state index contributed by atoms with van der Waals surface area (Å²) in [5.41, 5.74) is 3.33. The van der Waals surface area contributed by atoms with Gasteiger partial charge in [-0.3, -0.25) is 9.59 Å². The van der Waals surface area contributed by atoms with Gasteiger partial charge in [-0.1, -0.05) is 11.6 Å². The Kier molecular flexibility index (Phi) is 7.29. The van der Waals surface area contributed by atoms with Gasteiger partial charge in [0.15, 0.2) is 0 Å². The van der Waals surface area contributed by atoms with Crippen LogP contribution >= 0.6 is 22.9 Å². The summed E-state index contributed by atoms with van der Waals surface area (Å²) in [5.74, 6) is 0.399. The Morgan fingerprint density at radius 1 is 1.25 bits per heavy atom. The molecular formula is C25H27ClN4O5S. The molecule has 36 heavy (non-hydrogen) atoms. The molecular weight excluding hydrogens is 504 g/mol. The molecule has 0 radical (unpaired) electrons. The number of carbonyl (C=O) groups is 1. The summed E-state index contributed by atoms with van der Waals surface area (Å²) in [5, 5.41) is 10.2. The number of aromatic amines is 1. The van der Waals surface area contributed by atoms with Gasteiger partial charge in [0.05, 0.1) is 48.3 Å². The minimum Gasteiger partial charge on any atom is -0.492 e. The maximum absolute atomic E-state index is 13.1. The smallest absolute Gasteiger partial charge is 0.258 e. The van der Waals surface area contributed by atoms with Crippen LogP contribution in [0.2, 0.25) is 5.02 Å². The molecule has 3 aromatic rings. The number of ether oxygens (including phenoxy) is 2. The van der Waals surface area contributed by atoms with Crippen LogP contribution in [0.3, 0.4) is 0 Å². The van der Waals surface area contributed by atoms with Crippen LogP contribution in [0.25, 0.3) is 21.8 Å². The van der Waals surface area contributed by atoms with Gasteiger partial charge < -0.3 is 29.4 Å². The molecule has 0 bridgehead atoms. The number of aliphatic hydroxyl groups is 1. The number of amides is 1. The lowest BCUT2D eigenvalue weighted by molar-refractivity contribution is -0.135. The monoisotopic (exact) mass is 530 g/mol. The van der Waals surface area contributed by atoms with E-state index in [1.807, 2.05) is 19.1 Å². The molecule has 0 atom stereocenters. The number of morpholine rings is 1. The first-order chi connectivity index (χ1) is 17.5. The maximum atomic E-state index is 13.1. The molecule has 11 heteroatoms. The fourth-order valence-corrected chi connectivity index (χ4v) is 5.90. The number of rotatable bonds is 6. The van der Waals surface area contributed by atoms with Gasteiger partial charge >= 0.3 is 0 Å². The summed E-state index contributed by atoms with van der Waals surface area (Å²) < 4.78 is 11.3. The Morgan fingerprint density at radius 3 is 2.78 bits per heavy atom. The lowest BCUT2D eigenvalue weighted by Gasteiger charge is -2.30. The minimum absolute atomic E-state index is 0.264. The first-order valence-electron chi connectivity index (χ1n) is 11.9. The van der Waals surface area contributed by atoms with Crippen molar-refractivity contribution in [3.63, 3.8) is 0 Å². The second-order valence-electron chi connectivity index (χ2n) is 8.56. The minimum atomic E-state index is -0.510. The highest BCUT2D eigenvalue weighted by Gasteiger charge is 2.25. The van der Waals surface area contributed by atoms with Gasteiger partial charge in [0.1, 0.15) is 17.4 Å². The van der Waals surface area contributed by atoms with Crippen LogP contribution in [0.15, 0.2) is 29.1 Å². The van der Waals surface area contributed by atoms with Crippen LogP contribution in [0, 0.1) is 0 Å². The summed E-state index contributed by atoms with van der Waals surface area (Å²) in [6.45, 7) is 5.60. The number of hydrogen-bond donors (Lipinski definition) is 2. The molecule has 9 nitrogen and oxygen atoms in total. The average Bonchev–Trinajstić information content (AvgIpc) is 3.32. The first kappa shape index (κ1) is 24.8. The topological polar surface area (TPSA) is 108 Å². The lowest BCUT2D eigenvalue weighted by Crippen LogP contribution is -2.37. The van der Waals surface area contributed by atoms with Crippen molar-refractivity contribution in [3.05, 3.63) is 50.2 Å². The zero-order valence-corrected chi connectivity index (χ0v) is 21.5. The van der Waals surface area contributed by atoms with Crippen LogP contribution < -0.4 is 15.2 Å². The molecule has 1 aromatic carbocycles. The molecule has 0 spiro atoms. The van der Waals surface area contributed by atoms with Gasteiger partial charge in [0.2, 0.25) is 5.91 Å². The fraction of sp³-hybridized carbons (Fsp3) is 0.400. The van der Waals surface area contributed by atoms with Crippen LogP contribution in [0.1, 0.15) is 17.5 Å². The van der Waals surface area contributed by atoms with Crippen molar-refractivity contribution in [2.45, 2.75) is 19.9 Å². The van der Waals surface area contributed by atoms with Crippen molar-refractivity contribution in [2.24, 2.45) is 0 Å². The summed E-state index contributed by atoms with van der Waals surface area (Å²) in [6.07, 6.45) is 0.597. The molecule has 0 saturated carbocycles. The zero-order chi connectivity index (χ0) is 25.2. The summed E-state index contributed by atoms with van der Waals surface area (Å²) in [7, 11) is 0. The highest BCUT2D eigenvalue weighted by Crippen LogP contribution is 2.39. The van der Waals surface area contributed by atoms with Gasteiger partial charge in [-0.2, -0.15) is 0 Å². The number of fused-ring (bicyclic) bond motifs is 1. The summed E-state index contributed by atoms with van der Waals surface area (Å²) in [4.78, 5) is 37.4. The maximum Gasteiger partial charge on any atom is 0.258 e. The number of H-pyrrole nitrogens is 1. The van der Waals surface area contributed by atoms with E-state index in [1.165, 1.54) is 11.3 Å². The van der Waals surface area contributed by atoms with Crippen molar-refractivity contribution >= 4 is 34.5 Å². The quantitative estimate of drug-likeness (QED) is 0.504. The van der Waals surface area contributed by atoms with E-state index in [-0.39, 0.29) is 11.5 Å². The Labute approximate surface area is 217 Å². The second-order valence-corrected chi connectivity index (χ2v) is 10.1. The molecule has 5 rings (SSSR count). The van der Waals surface area contributed by atoms with E-state index in [2.05, 4.69) is 14.9 Å². The molecule has 1 fully saturated rings. The number of halogens is 1. The third kappa shape index (κ3) is 4.86. The van der Waals surface area contributed by atoms with E-state index >= 15 is 0 Å². The van der Waals surface area contributed by atoms with E-state index in [1.54, 1.807) is 17.0 Å². The number of hydrogen-bond acceptors (Lipinski definition) is 8. The van der Waals surface area contributed by atoms with Gasteiger partial charge in [0, 0.05) is 48.3 Å². The van der Waals surface area contributed by atoms with Crippen molar-refractivity contribution in [3.8, 4) is 27.6 Å². The summed E-state index contributed by atoms with van der Waals surface area (Å²) in [6, 6.07) is 7.35. The van der Waals surface area contributed by atoms with Gasteiger partial charge in [-0.25, -0.2) is 4.98 Å². The van der Waals surface area contributed by atoms with Gasteiger partial charge in [0.25, 0.3) is 5.56 Å². The number of pyridine rings is 1. The summed E-state index contributed by atoms with van der Waals surface area (Å²) >= 11 is 8.03. The third-order valence-corrected chi connectivity index (χ3v) is 7.78. The van der Waals surface area contributed by atoms with E-state index < -0.39 is 6.61 Å². The van der Waals surface area contributed by atoms with Crippen LogP contribution in [0.4, 0.5) is 5.69 Å². The van der Waals surface area contributed by atoms with Crippen LogP contribution in [-0.4, -0.2) is 71.9 Å². The number of nitrogens with zero attached hydrogens (tertiary/aromatic N) is 3. The van der Waals surface area contributed by atoms with E-state index in [0.29, 0.717) is 71.9 Å². The average molecular weight is 531 g/mol. The predicted molar refractivity (Wildman–Crippen MR) is 139 cm³/mol. The molecule has 2 N–H and O–H groups in total. The van der Waals surface area contributed by atoms with Crippen molar-refractivity contribution in [1.82, 2.24) is 14.9 Å². The normalized spacial score (nSPS) is 15.6. The number of anilines is 1. The number of nitrogens with one attached hydrogen (secondary N) is 1. The molecule has 190 valence electrons. The van der Waals surface area contributed by atoms with Crippen LogP contribution in [0.5, 0.6) is 5.75 Å². The van der Waals surface area contributed by atoms with Crippen LogP contribution in [-0.2, 0) is 22.5 Å². The molecule has 2 aromatic heterocycles. The highest BCUT2D eigenvalue weighted by atomic mass is 35.5. The van der Waals surface area contributed by atoms with Gasteiger partial charge in [-0.15, -0.1) is 11.3 Å². The fourth-order valence-electron chi connectivity index (χ4n) is 4.50. The van der Waals surface area contributed by atoms with Crippen molar-refractivity contribution in [1.29, 1.82) is 0 Å². The van der Waals surface area contributed by atoms with E-state index in [4.69, 9.17) is 26.2 Å². The molecule has 2 aliphatic rings. The largest absolute Gasteiger partial charge is 0.492 e. The predicted octanol–water partition coefficient (Wildman–Crippen LogP) is 2.93. The zero-order valence-electron chi connectivity index (χ0n) is 19.9. The highest BCUT2D eigenvalue weighted by molar-refractivity contribution is 7.15. The molecule has 2 aliphatic heterocycles. The van der Waals surface area contributed by atoms with Crippen molar-refractivity contribution in [2.75, 3.05) is 51.0 Å². The Hall–Kier alpha value is -2.92. The molecule has 4 heterocycles. The molecule has 0 aliphatic carbocycles. The molecule has 0 unspecified atom stereocenters. The Bertz CT molecular complexity index is 1330. The Morgan fingerprint density at radius 2 is 2.06 bits per heavy atom. The lowest BCUT2D eigenvalue weighted by atomic mass is 10.1. The number of thiazole rings is 1. The number of aromatic nitrogens is 2.